The fourth-order valence-electron chi connectivity index (χ4n) is 1.79. The Bertz CT molecular complexity index is 203. The largest absolute Gasteiger partial charge is 0.385 e. The minimum atomic E-state index is -0.198. The standard InChI is InChI=1S/C11H22N2O2/c1-15-8-3-2-7-13-10(14)9-11(12)5-4-6-11/h2-9,12H2,1H3,(H,13,14). The van der Waals surface area contributed by atoms with Crippen LogP contribution in [0.2, 0.25) is 0 Å². The number of hydrogen-bond donors (Lipinski definition) is 2. The fourth-order valence-corrected chi connectivity index (χ4v) is 1.79. The van der Waals surface area contributed by atoms with E-state index in [0.29, 0.717) is 6.42 Å². The van der Waals surface area contributed by atoms with E-state index in [9.17, 15) is 4.79 Å². The fraction of sp³-hybridized carbons (Fsp3) is 0.909. The van der Waals surface area contributed by atoms with Gasteiger partial charge in [-0.25, -0.2) is 0 Å². The molecule has 4 nitrogen and oxygen atoms in total. The van der Waals surface area contributed by atoms with E-state index in [1.54, 1.807) is 7.11 Å². The molecule has 1 saturated carbocycles. The number of carbonyl (C=O) groups excluding carboxylic acids is 1. The Morgan fingerprint density at radius 1 is 1.47 bits per heavy atom. The van der Waals surface area contributed by atoms with Gasteiger partial charge in [0.25, 0.3) is 0 Å². The van der Waals surface area contributed by atoms with Crippen LogP contribution in [0.1, 0.15) is 38.5 Å². The average Bonchev–Trinajstić information content (AvgIpc) is 2.15. The van der Waals surface area contributed by atoms with Crippen molar-refractivity contribution in [3.63, 3.8) is 0 Å². The second kappa shape index (κ2) is 6.08. The molecule has 1 rings (SSSR count). The summed E-state index contributed by atoms with van der Waals surface area (Å²) in [6.07, 6.45) is 5.59. The zero-order chi connectivity index (χ0) is 11.1. The first-order chi connectivity index (χ1) is 7.16. The first kappa shape index (κ1) is 12.5. The van der Waals surface area contributed by atoms with Gasteiger partial charge in [0, 0.05) is 32.2 Å². The Balaban J connectivity index is 1.98. The zero-order valence-corrected chi connectivity index (χ0v) is 9.55. The van der Waals surface area contributed by atoms with Crippen LogP contribution in [0.3, 0.4) is 0 Å². The van der Waals surface area contributed by atoms with E-state index in [0.717, 1.165) is 45.3 Å². The minimum Gasteiger partial charge on any atom is -0.385 e. The number of rotatable bonds is 7. The summed E-state index contributed by atoms with van der Waals surface area (Å²) in [5.41, 5.74) is 5.78. The third kappa shape index (κ3) is 4.62. The molecule has 0 unspecified atom stereocenters. The van der Waals surface area contributed by atoms with E-state index in [2.05, 4.69) is 5.32 Å². The number of unbranched alkanes of at least 4 members (excludes halogenated alkanes) is 1. The molecule has 1 amide bonds. The molecule has 0 spiro atoms. The molecule has 0 aromatic rings. The van der Waals surface area contributed by atoms with Gasteiger partial charge < -0.3 is 15.8 Å². The Kier molecular flexibility index (Phi) is 5.05. The SMILES string of the molecule is COCCCCNC(=O)CC1(N)CCC1. The van der Waals surface area contributed by atoms with Crippen molar-refractivity contribution in [1.29, 1.82) is 0 Å². The van der Waals surface area contributed by atoms with Gasteiger partial charge in [-0.1, -0.05) is 0 Å². The summed E-state index contributed by atoms with van der Waals surface area (Å²) in [4.78, 5) is 11.5. The minimum absolute atomic E-state index is 0.0922. The van der Waals surface area contributed by atoms with Crippen molar-refractivity contribution in [1.82, 2.24) is 5.32 Å². The first-order valence-electron chi connectivity index (χ1n) is 5.71. The lowest BCUT2D eigenvalue weighted by Gasteiger charge is -2.37. The van der Waals surface area contributed by atoms with Gasteiger partial charge in [-0.05, 0) is 32.1 Å². The van der Waals surface area contributed by atoms with Crippen LogP contribution in [0.5, 0.6) is 0 Å². The highest BCUT2D eigenvalue weighted by molar-refractivity contribution is 5.77. The number of hydrogen-bond acceptors (Lipinski definition) is 3. The number of methoxy groups -OCH3 is 1. The van der Waals surface area contributed by atoms with Crippen LogP contribution in [-0.2, 0) is 9.53 Å². The second-order valence-electron chi connectivity index (χ2n) is 4.44. The van der Waals surface area contributed by atoms with Crippen LogP contribution in [0.4, 0.5) is 0 Å². The predicted molar refractivity (Wildman–Crippen MR) is 59.5 cm³/mol. The highest BCUT2D eigenvalue weighted by atomic mass is 16.5. The highest BCUT2D eigenvalue weighted by Crippen LogP contribution is 2.31. The van der Waals surface area contributed by atoms with Crippen molar-refractivity contribution < 1.29 is 9.53 Å². The molecule has 0 heterocycles. The quantitative estimate of drug-likeness (QED) is 0.616. The number of nitrogens with one attached hydrogen (secondary N) is 1. The molecule has 88 valence electrons. The summed E-state index contributed by atoms with van der Waals surface area (Å²) in [5, 5.41) is 2.89. The van der Waals surface area contributed by atoms with E-state index in [-0.39, 0.29) is 11.4 Å². The van der Waals surface area contributed by atoms with E-state index >= 15 is 0 Å². The molecule has 0 radical (unpaired) electrons. The maximum atomic E-state index is 11.5. The van der Waals surface area contributed by atoms with Crippen molar-refractivity contribution >= 4 is 5.91 Å². The number of nitrogens with two attached hydrogens (primary N) is 1. The summed E-state index contributed by atoms with van der Waals surface area (Å²) in [6.45, 7) is 1.50. The lowest BCUT2D eigenvalue weighted by atomic mass is 9.75. The highest BCUT2D eigenvalue weighted by Gasteiger charge is 2.34. The molecule has 0 bridgehead atoms. The van der Waals surface area contributed by atoms with Crippen LogP contribution in [0.15, 0.2) is 0 Å². The summed E-state index contributed by atoms with van der Waals surface area (Å²) < 4.78 is 4.92. The number of carbonyl (C=O) groups is 1. The molecule has 4 heteroatoms. The van der Waals surface area contributed by atoms with Gasteiger partial charge >= 0.3 is 0 Å². The van der Waals surface area contributed by atoms with Gasteiger partial charge in [0.15, 0.2) is 0 Å². The Hall–Kier alpha value is -0.610. The normalized spacial score (nSPS) is 18.3. The van der Waals surface area contributed by atoms with E-state index in [1.807, 2.05) is 0 Å². The summed E-state index contributed by atoms with van der Waals surface area (Å²) in [6, 6.07) is 0. The van der Waals surface area contributed by atoms with Crippen LogP contribution >= 0.6 is 0 Å². The molecule has 0 saturated heterocycles. The molecule has 3 N–H and O–H groups in total. The van der Waals surface area contributed by atoms with Gasteiger partial charge in [-0.3, -0.25) is 4.79 Å². The van der Waals surface area contributed by atoms with Crippen LogP contribution < -0.4 is 11.1 Å². The van der Waals surface area contributed by atoms with Gasteiger partial charge in [0.2, 0.25) is 5.91 Å². The van der Waals surface area contributed by atoms with Gasteiger partial charge in [0.05, 0.1) is 0 Å². The van der Waals surface area contributed by atoms with Crippen molar-refractivity contribution in [2.75, 3.05) is 20.3 Å². The molecule has 0 atom stereocenters. The van der Waals surface area contributed by atoms with Gasteiger partial charge in [-0.15, -0.1) is 0 Å². The van der Waals surface area contributed by atoms with Crippen molar-refractivity contribution in [2.45, 2.75) is 44.1 Å². The summed E-state index contributed by atoms with van der Waals surface area (Å²) in [5.74, 6) is 0.0922. The molecule has 0 aromatic heterocycles. The summed E-state index contributed by atoms with van der Waals surface area (Å²) in [7, 11) is 1.69. The van der Waals surface area contributed by atoms with E-state index in [4.69, 9.17) is 10.5 Å². The second-order valence-corrected chi connectivity index (χ2v) is 4.44. The monoisotopic (exact) mass is 214 g/mol. The van der Waals surface area contributed by atoms with E-state index < -0.39 is 0 Å². The molecular weight excluding hydrogens is 192 g/mol. The predicted octanol–water partition coefficient (Wildman–Crippen LogP) is 0.801. The Labute approximate surface area is 91.5 Å². The van der Waals surface area contributed by atoms with Crippen LogP contribution in [0.25, 0.3) is 0 Å². The zero-order valence-electron chi connectivity index (χ0n) is 9.55. The van der Waals surface area contributed by atoms with Crippen LogP contribution in [-0.4, -0.2) is 31.7 Å². The number of amides is 1. The number of ether oxygens (including phenoxy) is 1. The summed E-state index contributed by atoms with van der Waals surface area (Å²) >= 11 is 0. The Morgan fingerprint density at radius 3 is 2.73 bits per heavy atom. The third-order valence-corrected chi connectivity index (χ3v) is 2.96. The average molecular weight is 214 g/mol. The van der Waals surface area contributed by atoms with Gasteiger partial charge in [0.1, 0.15) is 0 Å². The van der Waals surface area contributed by atoms with Crippen molar-refractivity contribution in [3.05, 3.63) is 0 Å². The smallest absolute Gasteiger partial charge is 0.221 e. The molecule has 15 heavy (non-hydrogen) atoms. The molecule has 1 aliphatic rings. The Morgan fingerprint density at radius 2 is 2.20 bits per heavy atom. The lowest BCUT2D eigenvalue weighted by molar-refractivity contribution is -0.123. The molecule has 0 aromatic carbocycles. The molecule has 0 aliphatic heterocycles. The first-order valence-corrected chi connectivity index (χ1v) is 5.71. The molecule has 1 aliphatic carbocycles. The molecular formula is C11H22N2O2. The third-order valence-electron chi connectivity index (χ3n) is 2.96. The molecule has 1 fully saturated rings. The van der Waals surface area contributed by atoms with Gasteiger partial charge in [-0.2, -0.15) is 0 Å². The topological polar surface area (TPSA) is 64.3 Å². The van der Waals surface area contributed by atoms with Crippen molar-refractivity contribution in [2.24, 2.45) is 5.73 Å². The lowest BCUT2D eigenvalue weighted by Crippen LogP contribution is -2.50. The van der Waals surface area contributed by atoms with Crippen LogP contribution in [0, 0.1) is 0 Å². The maximum absolute atomic E-state index is 11.5. The maximum Gasteiger partial charge on any atom is 0.221 e. The van der Waals surface area contributed by atoms with Crippen molar-refractivity contribution in [3.8, 4) is 0 Å². The van der Waals surface area contributed by atoms with E-state index in [1.165, 1.54) is 0 Å².